The van der Waals surface area contributed by atoms with Crippen molar-refractivity contribution >= 4 is 53.2 Å². The van der Waals surface area contributed by atoms with Crippen LogP contribution in [0, 0.1) is 0 Å². The van der Waals surface area contributed by atoms with E-state index in [1.54, 1.807) is 6.20 Å². The fourth-order valence-corrected chi connectivity index (χ4v) is 2.23. The van der Waals surface area contributed by atoms with E-state index in [0.717, 1.165) is 22.2 Å². The van der Waals surface area contributed by atoms with E-state index < -0.39 is 0 Å². The van der Waals surface area contributed by atoms with Crippen LogP contribution in [0.1, 0.15) is 11.1 Å². The van der Waals surface area contributed by atoms with Crippen molar-refractivity contribution in [3.63, 3.8) is 0 Å². The minimum absolute atomic E-state index is 0. The molecule has 0 radical (unpaired) electrons. The number of benzene rings is 3. The van der Waals surface area contributed by atoms with E-state index in [-0.39, 0.29) is 24.8 Å². The predicted molar refractivity (Wildman–Crippen MR) is 109 cm³/mol. The predicted octanol–water partition coefficient (Wildman–Crippen LogP) is 4.64. The van der Waals surface area contributed by atoms with Crippen LogP contribution in [0.3, 0.4) is 0 Å². The molecule has 0 saturated carbocycles. The first kappa shape index (κ1) is 19.6. The number of halogens is 2. The van der Waals surface area contributed by atoms with E-state index in [4.69, 9.17) is 11.5 Å². The zero-order valence-corrected chi connectivity index (χ0v) is 14.6. The number of aliphatic imine (C=N–C) groups is 1. The standard InChI is InChI=1S/C19H17N3.2ClH/c20-18-9-5-14(6-10-18)11-12-22-19(21)17-8-7-15-3-1-2-4-16(15)13-17;;/h1-13H,20H2,(H2,21,22);2*1H. The van der Waals surface area contributed by atoms with Gasteiger partial charge in [0.25, 0.3) is 0 Å². The maximum atomic E-state index is 6.05. The molecule has 0 spiro atoms. The van der Waals surface area contributed by atoms with Crippen LogP contribution in [0.15, 0.2) is 77.9 Å². The Kier molecular flexibility index (Phi) is 7.31. The van der Waals surface area contributed by atoms with Gasteiger partial charge in [-0.2, -0.15) is 0 Å². The molecule has 24 heavy (non-hydrogen) atoms. The molecule has 3 nitrogen and oxygen atoms in total. The molecule has 0 amide bonds. The lowest BCUT2D eigenvalue weighted by molar-refractivity contribution is 1.48. The van der Waals surface area contributed by atoms with Gasteiger partial charge in [0, 0.05) is 17.5 Å². The van der Waals surface area contributed by atoms with Gasteiger partial charge in [-0.05, 0) is 40.6 Å². The second-order valence-electron chi connectivity index (χ2n) is 5.06. The number of amidine groups is 1. The van der Waals surface area contributed by atoms with Crippen LogP contribution < -0.4 is 11.5 Å². The average molecular weight is 360 g/mol. The monoisotopic (exact) mass is 359 g/mol. The Morgan fingerprint density at radius 3 is 2.21 bits per heavy atom. The zero-order chi connectivity index (χ0) is 15.4. The van der Waals surface area contributed by atoms with Crippen LogP contribution in [-0.2, 0) is 0 Å². The van der Waals surface area contributed by atoms with Crippen molar-refractivity contribution in [1.82, 2.24) is 0 Å². The fourth-order valence-electron chi connectivity index (χ4n) is 2.23. The SMILES string of the molecule is Cl.Cl.NC(=NC=Cc1ccc(N)cc1)c1ccc2ccccc2c1. The van der Waals surface area contributed by atoms with Gasteiger partial charge in [0.15, 0.2) is 0 Å². The molecule has 124 valence electrons. The molecule has 0 heterocycles. The minimum atomic E-state index is 0. The van der Waals surface area contributed by atoms with Gasteiger partial charge in [-0.25, -0.2) is 4.99 Å². The molecule has 0 saturated heterocycles. The van der Waals surface area contributed by atoms with Crippen LogP contribution in [0.4, 0.5) is 5.69 Å². The molecule has 0 fully saturated rings. The third kappa shape index (κ3) is 4.75. The highest BCUT2D eigenvalue weighted by molar-refractivity contribution is 6.01. The molecule has 3 aromatic carbocycles. The molecule has 0 aliphatic carbocycles. The van der Waals surface area contributed by atoms with Gasteiger partial charge in [-0.1, -0.05) is 48.5 Å². The summed E-state index contributed by atoms with van der Waals surface area (Å²) in [6.45, 7) is 0. The number of nitrogens with zero attached hydrogens (tertiary/aromatic N) is 1. The third-order valence-corrected chi connectivity index (χ3v) is 3.46. The van der Waals surface area contributed by atoms with Gasteiger partial charge in [-0.3, -0.25) is 0 Å². The summed E-state index contributed by atoms with van der Waals surface area (Å²) in [5.41, 5.74) is 14.4. The van der Waals surface area contributed by atoms with Crippen LogP contribution in [0.25, 0.3) is 16.8 Å². The first-order valence-corrected chi connectivity index (χ1v) is 7.07. The van der Waals surface area contributed by atoms with Gasteiger partial charge in [0.1, 0.15) is 5.84 Å². The summed E-state index contributed by atoms with van der Waals surface area (Å²) in [6, 6.07) is 21.9. The number of anilines is 1. The summed E-state index contributed by atoms with van der Waals surface area (Å²) in [4.78, 5) is 4.30. The maximum Gasteiger partial charge on any atom is 0.130 e. The number of nitrogens with two attached hydrogens (primary N) is 2. The van der Waals surface area contributed by atoms with E-state index in [9.17, 15) is 0 Å². The normalized spacial score (nSPS) is 11.1. The molecule has 5 heteroatoms. The second-order valence-corrected chi connectivity index (χ2v) is 5.06. The van der Waals surface area contributed by atoms with Crippen molar-refractivity contribution in [2.75, 3.05) is 5.73 Å². The first-order valence-electron chi connectivity index (χ1n) is 7.07. The largest absolute Gasteiger partial charge is 0.399 e. The van der Waals surface area contributed by atoms with Crippen LogP contribution in [0.5, 0.6) is 0 Å². The highest BCUT2D eigenvalue weighted by Crippen LogP contribution is 2.15. The Morgan fingerprint density at radius 2 is 1.50 bits per heavy atom. The van der Waals surface area contributed by atoms with E-state index >= 15 is 0 Å². The second kappa shape index (κ2) is 8.96. The van der Waals surface area contributed by atoms with Crippen molar-refractivity contribution in [3.8, 4) is 0 Å². The van der Waals surface area contributed by atoms with E-state index in [1.807, 2.05) is 54.6 Å². The summed E-state index contributed by atoms with van der Waals surface area (Å²) in [5, 5.41) is 2.34. The summed E-state index contributed by atoms with van der Waals surface area (Å²) < 4.78 is 0. The summed E-state index contributed by atoms with van der Waals surface area (Å²) in [6.07, 6.45) is 3.60. The van der Waals surface area contributed by atoms with E-state index in [0.29, 0.717) is 5.84 Å². The lowest BCUT2D eigenvalue weighted by atomic mass is 10.1. The van der Waals surface area contributed by atoms with Gasteiger partial charge >= 0.3 is 0 Å². The average Bonchev–Trinajstić information content (AvgIpc) is 2.56. The van der Waals surface area contributed by atoms with Crippen LogP contribution in [0.2, 0.25) is 0 Å². The van der Waals surface area contributed by atoms with Crippen molar-refractivity contribution in [2.24, 2.45) is 10.7 Å². The molecule has 0 aliphatic heterocycles. The number of hydrogen-bond acceptors (Lipinski definition) is 2. The fraction of sp³-hybridized carbons (Fsp3) is 0. The molecule has 0 unspecified atom stereocenters. The lowest BCUT2D eigenvalue weighted by Crippen LogP contribution is -2.12. The topological polar surface area (TPSA) is 64.4 Å². The Bertz CT molecular complexity index is 856. The van der Waals surface area contributed by atoms with Gasteiger partial charge in [-0.15, -0.1) is 24.8 Å². The molecule has 4 N–H and O–H groups in total. The lowest BCUT2D eigenvalue weighted by Gasteiger charge is -2.02. The number of hydrogen-bond donors (Lipinski definition) is 2. The molecule has 0 aliphatic rings. The van der Waals surface area contributed by atoms with Gasteiger partial charge in [0.05, 0.1) is 0 Å². The van der Waals surface area contributed by atoms with E-state index in [1.165, 1.54) is 5.39 Å². The summed E-state index contributed by atoms with van der Waals surface area (Å²) >= 11 is 0. The van der Waals surface area contributed by atoms with Gasteiger partial charge in [0.2, 0.25) is 0 Å². The molecule has 0 atom stereocenters. The Balaban J connectivity index is 0.00000144. The number of fused-ring (bicyclic) bond motifs is 1. The Morgan fingerprint density at radius 1 is 0.833 bits per heavy atom. The quantitative estimate of drug-likeness (QED) is 0.406. The number of nitrogen functional groups attached to an aromatic ring is 1. The summed E-state index contributed by atoms with van der Waals surface area (Å²) in [5.74, 6) is 0.498. The number of rotatable bonds is 3. The molecule has 3 rings (SSSR count). The molecule has 0 aromatic heterocycles. The smallest absolute Gasteiger partial charge is 0.130 e. The third-order valence-electron chi connectivity index (χ3n) is 3.46. The molecular formula is C19H19Cl2N3. The van der Waals surface area contributed by atoms with Crippen molar-refractivity contribution in [3.05, 3.63) is 84.1 Å². The van der Waals surface area contributed by atoms with Crippen LogP contribution >= 0.6 is 24.8 Å². The van der Waals surface area contributed by atoms with Crippen molar-refractivity contribution < 1.29 is 0 Å². The van der Waals surface area contributed by atoms with Crippen molar-refractivity contribution in [2.45, 2.75) is 0 Å². The zero-order valence-electron chi connectivity index (χ0n) is 12.9. The molecule has 0 bridgehead atoms. The summed E-state index contributed by atoms with van der Waals surface area (Å²) in [7, 11) is 0. The van der Waals surface area contributed by atoms with E-state index in [2.05, 4.69) is 23.2 Å². The molecule has 3 aromatic rings. The highest BCUT2D eigenvalue weighted by atomic mass is 35.5. The Hall–Kier alpha value is -2.49. The highest BCUT2D eigenvalue weighted by Gasteiger charge is 1.99. The van der Waals surface area contributed by atoms with Gasteiger partial charge < -0.3 is 11.5 Å². The molecular weight excluding hydrogens is 341 g/mol. The van der Waals surface area contributed by atoms with Crippen LogP contribution in [-0.4, -0.2) is 5.84 Å². The van der Waals surface area contributed by atoms with Crippen molar-refractivity contribution in [1.29, 1.82) is 0 Å². The minimum Gasteiger partial charge on any atom is -0.399 e. The first-order chi connectivity index (χ1) is 10.7. The maximum absolute atomic E-state index is 6.05. The Labute approximate surface area is 153 Å².